The van der Waals surface area contributed by atoms with Gasteiger partial charge in [-0.25, -0.2) is 14.8 Å². The van der Waals surface area contributed by atoms with E-state index in [9.17, 15) is 9.90 Å². The molecule has 2 N–H and O–H groups in total. The van der Waals surface area contributed by atoms with Crippen molar-refractivity contribution in [3.05, 3.63) is 88.5 Å². The van der Waals surface area contributed by atoms with Crippen LogP contribution in [0, 0.1) is 20.8 Å². The van der Waals surface area contributed by atoms with Crippen molar-refractivity contribution in [2.45, 2.75) is 66.2 Å². The van der Waals surface area contributed by atoms with Crippen molar-refractivity contribution in [3.8, 4) is 17.2 Å². The highest BCUT2D eigenvalue weighted by molar-refractivity contribution is 5.77. The number of carboxylic acids is 1. The summed E-state index contributed by atoms with van der Waals surface area (Å²) in [4.78, 5) is 20.7. The maximum atomic E-state index is 11.4. The predicted octanol–water partition coefficient (Wildman–Crippen LogP) is 5.57. The third-order valence-corrected chi connectivity index (χ3v) is 6.13. The fraction of sp³-hybridized carbons (Fsp3) is 0.345. The zero-order valence-electron chi connectivity index (χ0n) is 21.9. The Morgan fingerprint density at radius 3 is 2.41 bits per heavy atom. The molecule has 0 fully saturated rings. The topological polar surface area (TPSA) is 111 Å². The molecule has 2 aromatic carbocycles. The van der Waals surface area contributed by atoms with Gasteiger partial charge in [0.15, 0.2) is 5.60 Å². The van der Waals surface area contributed by atoms with E-state index < -0.39 is 11.6 Å². The molecule has 0 saturated heterocycles. The second-order valence-electron chi connectivity index (χ2n) is 9.70. The molecule has 0 radical (unpaired) electrons. The molecule has 2 heterocycles. The number of rotatable bonds is 11. The van der Waals surface area contributed by atoms with Crippen LogP contribution in [0.4, 0.5) is 0 Å². The molecule has 0 bridgehead atoms. The van der Waals surface area contributed by atoms with Crippen LogP contribution in [0.15, 0.2) is 57.6 Å². The van der Waals surface area contributed by atoms with E-state index in [1.54, 1.807) is 20.1 Å². The van der Waals surface area contributed by atoms with Gasteiger partial charge in [-0.05, 0) is 76.3 Å². The smallest absolute Gasteiger partial charge is 0.347 e. The molecular weight excluding hydrogens is 470 g/mol. The van der Waals surface area contributed by atoms with Crippen LogP contribution in [0.1, 0.15) is 53.6 Å². The molecule has 8 heteroatoms. The summed E-state index contributed by atoms with van der Waals surface area (Å²) < 4.78 is 17.3. The lowest BCUT2D eigenvalue weighted by atomic mass is 10.0. The van der Waals surface area contributed by atoms with Crippen molar-refractivity contribution < 1.29 is 23.5 Å². The number of nitrogens with one attached hydrogen (secondary N) is 1. The number of aliphatic carboxylic acids is 1. The summed E-state index contributed by atoms with van der Waals surface area (Å²) in [7, 11) is 0. The number of nitrogens with zero attached hydrogens (tertiary/aromatic N) is 2. The Kier molecular flexibility index (Phi) is 7.78. The fourth-order valence-electron chi connectivity index (χ4n) is 4.07. The molecule has 0 aliphatic heterocycles. The molecule has 8 nitrogen and oxygen atoms in total. The maximum Gasteiger partial charge on any atom is 0.347 e. The number of hydrogen-bond donors (Lipinski definition) is 2. The van der Waals surface area contributed by atoms with Crippen molar-refractivity contribution in [2.24, 2.45) is 0 Å². The Balaban J connectivity index is 1.29. The molecule has 4 aromatic rings. The molecule has 37 heavy (non-hydrogen) atoms. The standard InChI is InChI=1S/C29H33N3O5/c1-18-13-21(14-19(2)26(18)37-29(4,5)28(33)34)15-30-16-25-31-23(17-35-25)11-12-24-20(3)36-27(32-24)22-9-7-6-8-10-22/h6-10,13-14,17,30H,11-12,15-16H2,1-5H3,(H,33,34). The molecule has 0 saturated carbocycles. The number of carboxylic acid groups (broad SMARTS) is 1. The SMILES string of the molecule is Cc1cc(CNCc2nc(CCc3nc(-c4ccccc4)oc3C)co2)cc(C)c1OC(C)(C)C(=O)O. The van der Waals surface area contributed by atoms with Crippen molar-refractivity contribution in [1.29, 1.82) is 0 Å². The third-order valence-electron chi connectivity index (χ3n) is 6.13. The van der Waals surface area contributed by atoms with Crippen LogP contribution in [0.25, 0.3) is 11.5 Å². The predicted molar refractivity (Wildman–Crippen MR) is 139 cm³/mol. The molecule has 4 rings (SSSR count). The minimum Gasteiger partial charge on any atom is -0.478 e. The van der Waals surface area contributed by atoms with Crippen molar-refractivity contribution in [2.75, 3.05) is 0 Å². The molecule has 0 aliphatic rings. The van der Waals surface area contributed by atoms with Crippen LogP contribution >= 0.6 is 0 Å². The van der Waals surface area contributed by atoms with Gasteiger partial charge in [0.2, 0.25) is 11.8 Å². The van der Waals surface area contributed by atoms with E-state index >= 15 is 0 Å². The second kappa shape index (κ2) is 11.0. The minimum absolute atomic E-state index is 0.490. The van der Waals surface area contributed by atoms with Crippen molar-refractivity contribution in [1.82, 2.24) is 15.3 Å². The highest BCUT2D eigenvalue weighted by atomic mass is 16.5. The lowest BCUT2D eigenvalue weighted by molar-refractivity contribution is -0.152. The largest absolute Gasteiger partial charge is 0.478 e. The molecule has 0 aliphatic carbocycles. The minimum atomic E-state index is -1.30. The molecule has 0 amide bonds. The number of ether oxygens (including phenoxy) is 1. The van der Waals surface area contributed by atoms with Crippen molar-refractivity contribution in [3.63, 3.8) is 0 Å². The van der Waals surface area contributed by atoms with Gasteiger partial charge < -0.3 is 24.0 Å². The number of hydrogen-bond acceptors (Lipinski definition) is 7. The van der Waals surface area contributed by atoms with Gasteiger partial charge in [-0.15, -0.1) is 0 Å². The van der Waals surface area contributed by atoms with E-state index in [1.165, 1.54) is 0 Å². The summed E-state index contributed by atoms with van der Waals surface area (Å²) in [6, 6.07) is 13.9. The highest BCUT2D eigenvalue weighted by Gasteiger charge is 2.30. The first-order valence-corrected chi connectivity index (χ1v) is 12.3. The lowest BCUT2D eigenvalue weighted by Crippen LogP contribution is -2.38. The summed E-state index contributed by atoms with van der Waals surface area (Å²) in [5, 5.41) is 12.7. The summed E-state index contributed by atoms with van der Waals surface area (Å²) in [6.45, 7) is 9.97. The highest BCUT2D eigenvalue weighted by Crippen LogP contribution is 2.29. The van der Waals surface area contributed by atoms with E-state index in [4.69, 9.17) is 13.6 Å². The third kappa shape index (κ3) is 6.46. The number of benzene rings is 2. The number of aromatic nitrogens is 2. The normalized spacial score (nSPS) is 11.6. The summed E-state index contributed by atoms with van der Waals surface area (Å²) >= 11 is 0. The van der Waals surface area contributed by atoms with Gasteiger partial charge in [0, 0.05) is 12.1 Å². The van der Waals surface area contributed by atoms with E-state index in [1.807, 2.05) is 63.2 Å². The lowest BCUT2D eigenvalue weighted by Gasteiger charge is -2.24. The second-order valence-corrected chi connectivity index (χ2v) is 9.70. The Hall–Kier alpha value is -3.91. The van der Waals surface area contributed by atoms with E-state index in [-0.39, 0.29) is 0 Å². The zero-order chi connectivity index (χ0) is 26.6. The average molecular weight is 504 g/mol. The molecular formula is C29H33N3O5. The number of aryl methyl sites for hydroxylation is 5. The molecule has 0 atom stereocenters. The van der Waals surface area contributed by atoms with Crippen LogP contribution in [0.5, 0.6) is 5.75 Å². The van der Waals surface area contributed by atoms with Crippen LogP contribution in [-0.2, 0) is 30.7 Å². The molecule has 2 aromatic heterocycles. The number of carbonyl (C=O) groups is 1. The first-order valence-electron chi connectivity index (χ1n) is 12.3. The van der Waals surface area contributed by atoms with Gasteiger partial charge in [0.05, 0.1) is 17.9 Å². The van der Waals surface area contributed by atoms with E-state index in [2.05, 4.69) is 15.3 Å². The van der Waals surface area contributed by atoms with Gasteiger partial charge in [0.1, 0.15) is 17.8 Å². The van der Waals surface area contributed by atoms with E-state index in [0.29, 0.717) is 43.5 Å². The Labute approximate surface area is 216 Å². The van der Waals surface area contributed by atoms with Crippen molar-refractivity contribution >= 4 is 5.97 Å². The van der Waals surface area contributed by atoms with Gasteiger partial charge >= 0.3 is 5.97 Å². The summed E-state index contributed by atoms with van der Waals surface area (Å²) in [5.74, 6) is 1.67. The first kappa shape index (κ1) is 26.2. The molecule has 194 valence electrons. The average Bonchev–Trinajstić information content (AvgIpc) is 3.46. The Morgan fingerprint density at radius 1 is 1.03 bits per heavy atom. The Morgan fingerprint density at radius 2 is 1.73 bits per heavy atom. The zero-order valence-corrected chi connectivity index (χ0v) is 21.9. The van der Waals surface area contributed by atoms with Gasteiger partial charge in [-0.3, -0.25) is 0 Å². The first-order chi connectivity index (χ1) is 17.6. The van der Waals surface area contributed by atoms with Crippen LogP contribution in [-0.4, -0.2) is 26.6 Å². The maximum absolute atomic E-state index is 11.4. The van der Waals surface area contributed by atoms with Crippen LogP contribution < -0.4 is 10.1 Å². The van der Waals surface area contributed by atoms with Crippen LogP contribution in [0.3, 0.4) is 0 Å². The van der Waals surface area contributed by atoms with Gasteiger partial charge in [0.25, 0.3) is 0 Å². The van der Waals surface area contributed by atoms with E-state index in [0.717, 1.165) is 39.4 Å². The monoisotopic (exact) mass is 503 g/mol. The van der Waals surface area contributed by atoms with Gasteiger partial charge in [-0.1, -0.05) is 30.3 Å². The summed E-state index contributed by atoms with van der Waals surface area (Å²) in [6.07, 6.45) is 3.11. The van der Waals surface area contributed by atoms with Crippen LogP contribution in [0.2, 0.25) is 0 Å². The van der Waals surface area contributed by atoms with Gasteiger partial charge in [-0.2, -0.15) is 0 Å². The Bertz CT molecular complexity index is 1350. The molecule has 0 spiro atoms. The fourth-order valence-corrected chi connectivity index (χ4v) is 4.07. The number of oxazole rings is 2. The summed E-state index contributed by atoms with van der Waals surface area (Å²) in [5.41, 5.74) is 4.31. The quantitative estimate of drug-likeness (QED) is 0.273. The molecule has 0 unspecified atom stereocenters.